The van der Waals surface area contributed by atoms with Crippen molar-refractivity contribution < 1.29 is 5.11 Å². The molecule has 5 heteroatoms. The first kappa shape index (κ1) is 9.71. The Labute approximate surface area is 85.1 Å². The van der Waals surface area contributed by atoms with Crippen LogP contribution in [0.4, 0.5) is 0 Å². The van der Waals surface area contributed by atoms with E-state index in [-0.39, 0.29) is 5.05 Å². The lowest BCUT2D eigenvalue weighted by Crippen LogP contribution is -2.02. The molecule has 1 N–H and O–H groups in total. The second-order valence-electron chi connectivity index (χ2n) is 2.11. The van der Waals surface area contributed by atoms with Crippen molar-refractivity contribution in [3.05, 3.63) is 29.0 Å². The largest absolute Gasteiger partial charge is 0.501 e. The molecule has 1 heterocycles. The molecule has 12 heavy (non-hydrogen) atoms. The molecule has 2 nitrogen and oxygen atoms in total. The number of hydrogen-bond donors (Lipinski definition) is 1. The molecular formula is C7H5Cl2NOS. The summed E-state index contributed by atoms with van der Waals surface area (Å²) >= 11 is 15.8. The molecule has 0 aliphatic heterocycles. The SMILES string of the molecule is OC(=S)C(Cl)c1ccnc(Cl)c1. The third-order valence-electron chi connectivity index (χ3n) is 1.26. The van der Waals surface area contributed by atoms with E-state index in [4.69, 9.17) is 28.3 Å². The maximum atomic E-state index is 8.90. The summed E-state index contributed by atoms with van der Waals surface area (Å²) in [5, 5.41) is 8.27. The first-order chi connectivity index (χ1) is 5.61. The Balaban J connectivity index is 2.95. The van der Waals surface area contributed by atoms with Crippen LogP contribution in [0.1, 0.15) is 10.9 Å². The fourth-order valence-corrected chi connectivity index (χ4v) is 1.17. The third-order valence-corrected chi connectivity index (χ3v) is 2.29. The highest BCUT2D eigenvalue weighted by molar-refractivity contribution is 7.80. The van der Waals surface area contributed by atoms with Crippen LogP contribution in [0.2, 0.25) is 5.15 Å². The fraction of sp³-hybridized carbons (Fsp3) is 0.143. The number of thiocarbonyl (C=S) groups is 1. The summed E-state index contributed by atoms with van der Waals surface area (Å²) in [4.78, 5) is 3.76. The fourth-order valence-electron chi connectivity index (χ4n) is 0.718. The number of aromatic nitrogens is 1. The van der Waals surface area contributed by atoms with Crippen LogP contribution >= 0.6 is 35.4 Å². The third kappa shape index (κ3) is 2.30. The molecule has 0 saturated carbocycles. The van der Waals surface area contributed by atoms with Crippen molar-refractivity contribution >= 4 is 40.5 Å². The smallest absolute Gasteiger partial charge is 0.179 e. The van der Waals surface area contributed by atoms with Crippen LogP contribution in [0.5, 0.6) is 0 Å². The Hall–Kier alpha value is -0.380. The molecule has 1 rings (SSSR count). The van der Waals surface area contributed by atoms with Crippen molar-refractivity contribution in [2.75, 3.05) is 0 Å². The molecular weight excluding hydrogens is 217 g/mol. The molecule has 0 saturated heterocycles. The summed E-state index contributed by atoms with van der Waals surface area (Å²) < 4.78 is 0. The molecule has 0 aromatic carbocycles. The number of aliphatic hydroxyl groups excluding tert-OH is 1. The van der Waals surface area contributed by atoms with Crippen molar-refractivity contribution in [2.24, 2.45) is 0 Å². The van der Waals surface area contributed by atoms with Gasteiger partial charge in [0.1, 0.15) is 10.5 Å². The van der Waals surface area contributed by atoms with Gasteiger partial charge in [0.05, 0.1) is 0 Å². The van der Waals surface area contributed by atoms with Gasteiger partial charge in [-0.2, -0.15) is 0 Å². The molecule has 1 unspecified atom stereocenters. The Bertz CT molecular complexity index is 305. The number of aliphatic hydroxyl groups is 1. The number of pyridine rings is 1. The Morgan fingerprint density at radius 1 is 1.67 bits per heavy atom. The monoisotopic (exact) mass is 221 g/mol. The molecule has 1 aromatic rings. The van der Waals surface area contributed by atoms with Crippen molar-refractivity contribution in [2.45, 2.75) is 5.38 Å². The van der Waals surface area contributed by atoms with Crippen LogP contribution in [0.3, 0.4) is 0 Å². The first-order valence-corrected chi connectivity index (χ1v) is 4.32. The summed E-state index contributed by atoms with van der Waals surface area (Å²) in [7, 11) is 0. The van der Waals surface area contributed by atoms with Crippen LogP contribution in [0.25, 0.3) is 0 Å². The minimum Gasteiger partial charge on any atom is -0.501 e. The lowest BCUT2D eigenvalue weighted by molar-refractivity contribution is 0.553. The zero-order valence-corrected chi connectivity index (χ0v) is 8.20. The standard InChI is InChI=1S/C7H5Cl2NOS/c8-5-3-4(1-2-10-5)6(9)7(11)12/h1-3,6H,(H,11,12). The van der Waals surface area contributed by atoms with E-state index in [1.54, 1.807) is 12.1 Å². The van der Waals surface area contributed by atoms with Crippen LogP contribution in [0, 0.1) is 0 Å². The van der Waals surface area contributed by atoms with Gasteiger partial charge in [0.2, 0.25) is 0 Å². The van der Waals surface area contributed by atoms with Gasteiger partial charge in [-0.3, -0.25) is 0 Å². The highest BCUT2D eigenvalue weighted by Gasteiger charge is 2.12. The Kier molecular flexibility index (Phi) is 3.26. The summed E-state index contributed by atoms with van der Waals surface area (Å²) in [6.45, 7) is 0. The predicted molar refractivity (Wildman–Crippen MR) is 53.1 cm³/mol. The molecule has 64 valence electrons. The van der Waals surface area contributed by atoms with E-state index in [1.807, 2.05) is 0 Å². The quantitative estimate of drug-likeness (QED) is 0.474. The minimum absolute atomic E-state index is 0.265. The summed E-state index contributed by atoms with van der Waals surface area (Å²) in [6.07, 6.45) is 1.51. The van der Waals surface area contributed by atoms with Crippen molar-refractivity contribution in [1.29, 1.82) is 0 Å². The van der Waals surface area contributed by atoms with E-state index in [0.717, 1.165) is 0 Å². The molecule has 0 spiro atoms. The van der Waals surface area contributed by atoms with E-state index in [2.05, 4.69) is 17.2 Å². The molecule has 0 fully saturated rings. The lowest BCUT2D eigenvalue weighted by Gasteiger charge is -2.05. The average molecular weight is 222 g/mol. The molecule has 0 bridgehead atoms. The van der Waals surface area contributed by atoms with Crippen molar-refractivity contribution in [3.63, 3.8) is 0 Å². The Morgan fingerprint density at radius 2 is 2.33 bits per heavy atom. The maximum absolute atomic E-state index is 8.90. The van der Waals surface area contributed by atoms with Crippen molar-refractivity contribution in [3.8, 4) is 0 Å². The van der Waals surface area contributed by atoms with Gasteiger partial charge in [-0.25, -0.2) is 4.98 Å². The van der Waals surface area contributed by atoms with Crippen LogP contribution < -0.4 is 0 Å². The summed E-state index contributed by atoms with van der Waals surface area (Å²) in [5.74, 6) is 0. The second-order valence-corrected chi connectivity index (χ2v) is 3.35. The highest BCUT2D eigenvalue weighted by Crippen LogP contribution is 2.22. The lowest BCUT2D eigenvalue weighted by atomic mass is 10.2. The van der Waals surface area contributed by atoms with E-state index in [0.29, 0.717) is 10.7 Å². The van der Waals surface area contributed by atoms with Gasteiger partial charge in [0, 0.05) is 6.20 Å². The minimum atomic E-state index is -0.694. The molecule has 1 aromatic heterocycles. The van der Waals surface area contributed by atoms with Crippen LogP contribution in [0.15, 0.2) is 18.3 Å². The average Bonchev–Trinajstić information content (AvgIpc) is 2.03. The van der Waals surface area contributed by atoms with Gasteiger partial charge < -0.3 is 5.11 Å². The zero-order chi connectivity index (χ0) is 9.14. The van der Waals surface area contributed by atoms with E-state index in [9.17, 15) is 0 Å². The number of nitrogens with zero attached hydrogens (tertiary/aromatic N) is 1. The number of hydrogen-bond acceptors (Lipinski definition) is 2. The van der Waals surface area contributed by atoms with Gasteiger partial charge in [0.15, 0.2) is 5.05 Å². The molecule has 0 aliphatic rings. The molecule has 0 aliphatic carbocycles. The first-order valence-electron chi connectivity index (χ1n) is 3.09. The van der Waals surface area contributed by atoms with Gasteiger partial charge in [-0.15, -0.1) is 11.6 Å². The van der Waals surface area contributed by atoms with Crippen molar-refractivity contribution in [1.82, 2.24) is 4.98 Å². The maximum Gasteiger partial charge on any atom is 0.179 e. The Morgan fingerprint density at radius 3 is 2.83 bits per heavy atom. The summed E-state index contributed by atoms with van der Waals surface area (Å²) in [5.41, 5.74) is 0.643. The van der Waals surface area contributed by atoms with Gasteiger partial charge in [0.25, 0.3) is 0 Å². The molecule has 1 atom stereocenters. The molecule has 0 amide bonds. The van der Waals surface area contributed by atoms with Crippen LogP contribution in [-0.4, -0.2) is 15.1 Å². The zero-order valence-electron chi connectivity index (χ0n) is 5.87. The predicted octanol–water partition coefficient (Wildman–Crippen LogP) is 2.90. The normalized spacial score (nSPS) is 12.5. The van der Waals surface area contributed by atoms with E-state index < -0.39 is 5.38 Å². The van der Waals surface area contributed by atoms with Gasteiger partial charge in [-0.1, -0.05) is 11.6 Å². The van der Waals surface area contributed by atoms with E-state index in [1.165, 1.54) is 6.20 Å². The summed E-state index contributed by atoms with van der Waals surface area (Å²) in [6, 6.07) is 3.20. The van der Waals surface area contributed by atoms with E-state index >= 15 is 0 Å². The van der Waals surface area contributed by atoms with Gasteiger partial charge in [-0.05, 0) is 29.9 Å². The topological polar surface area (TPSA) is 33.1 Å². The number of rotatable bonds is 2. The number of alkyl halides is 1. The van der Waals surface area contributed by atoms with Gasteiger partial charge >= 0.3 is 0 Å². The van der Waals surface area contributed by atoms with Crippen LogP contribution in [-0.2, 0) is 0 Å². The molecule has 0 radical (unpaired) electrons. The highest BCUT2D eigenvalue weighted by atomic mass is 35.5. The second kappa shape index (κ2) is 4.03. The number of halogens is 2.